The number of rotatable bonds is 7. The van der Waals surface area contributed by atoms with E-state index in [-0.39, 0.29) is 25.3 Å². The molecule has 0 spiro atoms. The summed E-state index contributed by atoms with van der Waals surface area (Å²) < 4.78 is 6.86. The van der Waals surface area contributed by atoms with Gasteiger partial charge in [0, 0.05) is 31.4 Å². The van der Waals surface area contributed by atoms with Crippen LogP contribution in [0.2, 0.25) is 0 Å². The highest BCUT2D eigenvalue weighted by Gasteiger charge is 2.48. The van der Waals surface area contributed by atoms with E-state index in [4.69, 9.17) is 4.74 Å². The number of anilines is 1. The third-order valence-electron chi connectivity index (χ3n) is 6.32. The van der Waals surface area contributed by atoms with Crippen molar-refractivity contribution in [3.8, 4) is 0 Å². The van der Waals surface area contributed by atoms with Gasteiger partial charge >= 0.3 is 5.97 Å². The maximum Gasteiger partial charge on any atom is 0.333 e. The van der Waals surface area contributed by atoms with Crippen LogP contribution in [0, 0.1) is 5.92 Å². The highest BCUT2D eigenvalue weighted by molar-refractivity contribution is 5.81. The molecule has 3 aliphatic rings. The molecule has 3 saturated heterocycles. The van der Waals surface area contributed by atoms with Gasteiger partial charge in [-0.15, -0.1) is 0 Å². The summed E-state index contributed by atoms with van der Waals surface area (Å²) in [5.41, 5.74) is 1.77. The number of hydrogen-bond acceptors (Lipinski definition) is 4. The summed E-state index contributed by atoms with van der Waals surface area (Å²) >= 11 is 0. The Bertz CT molecular complexity index is 845. The molecular weight excluding hydrogens is 376 g/mol. The number of carbonyl (C=O) groups is 2. The van der Waals surface area contributed by atoms with Crippen molar-refractivity contribution in [1.82, 2.24) is 0 Å². The molecule has 0 amide bonds. The van der Waals surface area contributed by atoms with Crippen molar-refractivity contribution in [1.29, 1.82) is 0 Å². The van der Waals surface area contributed by atoms with Crippen LogP contribution in [0.25, 0.3) is 0 Å². The first-order chi connectivity index (χ1) is 14.0. The smallest absolute Gasteiger partial charge is 0.333 e. The normalized spacial score (nSPS) is 25.6. The molecule has 2 aromatic rings. The summed E-state index contributed by atoms with van der Waals surface area (Å²) in [6, 6.07) is 18.9. The quantitative estimate of drug-likeness (QED) is 0.550. The van der Waals surface area contributed by atoms with E-state index >= 15 is 0 Å². The molecular formula is C25H33N2O3+. The van der Waals surface area contributed by atoms with E-state index in [2.05, 4.69) is 5.32 Å². The zero-order valence-corrected chi connectivity index (χ0v) is 16.9. The van der Waals surface area contributed by atoms with Crippen molar-refractivity contribution in [3.05, 3.63) is 66.2 Å². The molecule has 3 aliphatic heterocycles. The Morgan fingerprint density at radius 3 is 2.23 bits per heavy atom. The van der Waals surface area contributed by atoms with E-state index < -0.39 is 6.04 Å². The third-order valence-corrected chi connectivity index (χ3v) is 6.32. The van der Waals surface area contributed by atoms with E-state index in [1.165, 1.54) is 0 Å². The topological polar surface area (TPSA) is 55.4 Å². The Balaban J connectivity index is 0.00000256. The first kappa shape index (κ1) is 22.0. The highest BCUT2D eigenvalue weighted by Crippen LogP contribution is 2.36. The lowest BCUT2D eigenvalue weighted by atomic mass is 9.83. The van der Waals surface area contributed by atoms with Crippen LogP contribution in [-0.4, -0.2) is 48.5 Å². The molecule has 160 valence electrons. The lowest BCUT2D eigenvalue weighted by molar-refractivity contribution is -0.939. The molecule has 0 aromatic heterocycles. The number of Topliss-reactive ketones (excluding diaryl/α,β-unsaturated/α-hetero) is 1. The number of para-hydroxylation sites is 1. The minimum atomic E-state index is -0.560. The molecule has 5 nitrogen and oxygen atoms in total. The second kappa shape index (κ2) is 9.43. The molecule has 30 heavy (non-hydrogen) atoms. The number of benzene rings is 2. The molecule has 5 heteroatoms. The molecule has 2 aromatic carbocycles. The number of nitrogens with one attached hydrogen (secondary N) is 1. The predicted octanol–water partition coefficient (Wildman–Crippen LogP) is 4.22. The van der Waals surface area contributed by atoms with Gasteiger partial charge in [0.25, 0.3) is 0 Å². The minimum absolute atomic E-state index is 0. The Morgan fingerprint density at radius 2 is 1.63 bits per heavy atom. The van der Waals surface area contributed by atoms with E-state index in [0.717, 1.165) is 48.2 Å². The number of ether oxygens (including phenoxy) is 1. The van der Waals surface area contributed by atoms with Crippen molar-refractivity contribution in [2.45, 2.75) is 39.3 Å². The van der Waals surface area contributed by atoms with Gasteiger partial charge in [-0.05, 0) is 17.7 Å². The molecule has 0 radical (unpaired) electrons. The van der Waals surface area contributed by atoms with Crippen molar-refractivity contribution in [2.24, 2.45) is 5.92 Å². The van der Waals surface area contributed by atoms with Crippen LogP contribution < -0.4 is 5.32 Å². The van der Waals surface area contributed by atoms with Crippen molar-refractivity contribution < 1.29 is 18.8 Å². The van der Waals surface area contributed by atoms with Crippen molar-refractivity contribution in [3.63, 3.8) is 0 Å². The zero-order chi connectivity index (χ0) is 20.3. The molecule has 3 heterocycles. The first-order valence-electron chi connectivity index (χ1n) is 10.5. The lowest BCUT2D eigenvalue weighted by Crippen LogP contribution is -2.65. The molecule has 2 atom stereocenters. The summed E-state index contributed by atoms with van der Waals surface area (Å²) in [5, 5.41) is 3.34. The standard InChI is InChI=1S/C24H29N2O3.CH4/c1-18(27)16-26-14-12-19(13-15-26)22(17-26)29-24(28)23(20-8-4-2-5-9-20)25-21-10-6-3-7-11-21;/h2-11,19,22-23,25H,12-17H2,1H3;1H4/q+1;/t19?,22-,23?,26?;/m0./s1. The Kier molecular flexibility index (Phi) is 6.93. The van der Waals surface area contributed by atoms with Gasteiger partial charge in [-0.2, -0.15) is 0 Å². The van der Waals surface area contributed by atoms with E-state index in [9.17, 15) is 9.59 Å². The maximum absolute atomic E-state index is 13.3. The number of piperidine rings is 3. The van der Waals surface area contributed by atoms with Crippen LogP contribution in [0.3, 0.4) is 0 Å². The summed E-state index contributed by atoms with van der Waals surface area (Å²) in [4.78, 5) is 25.0. The number of nitrogens with zero attached hydrogens (tertiary/aromatic N) is 1. The van der Waals surface area contributed by atoms with Gasteiger partial charge in [-0.25, -0.2) is 4.79 Å². The molecule has 3 fully saturated rings. The zero-order valence-electron chi connectivity index (χ0n) is 16.9. The largest absolute Gasteiger partial charge is 0.454 e. The van der Waals surface area contributed by atoms with Crippen LogP contribution in [0.1, 0.15) is 38.8 Å². The van der Waals surface area contributed by atoms with Gasteiger partial charge in [0.2, 0.25) is 0 Å². The second-order valence-electron chi connectivity index (χ2n) is 8.50. The average molecular weight is 410 g/mol. The summed E-state index contributed by atoms with van der Waals surface area (Å²) in [5.74, 6) is 0.363. The van der Waals surface area contributed by atoms with Crippen molar-refractivity contribution >= 4 is 17.4 Å². The number of hydrogen-bond donors (Lipinski definition) is 1. The second-order valence-corrected chi connectivity index (χ2v) is 8.50. The van der Waals surface area contributed by atoms with Gasteiger partial charge in [0.15, 0.2) is 17.9 Å². The van der Waals surface area contributed by atoms with Crippen LogP contribution in [0.15, 0.2) is 60.7 Å². The number of fused-ring (bicyclic) bond motifs is 3. The molecule has 5 rings (SSSR count). The number of quaternary nitrogens is 1. The van der Waals surface area contributed by atoms with E-state index in [0.29, 0.717) is 12.5 Å². The lowest BCUT2D eigenvalue weighted by Gasteiger charge is -2.51. The summed E-state index contributed by atoms with van der Waals surface area (Å²) in [6.45, 7) is 4.99. The monoisotopic (exact) mass is 409 g/mol. The van der Waals surface area contributed by atoms with Crippen molar-refractivity contribution in [2.75, 3.05) is 31.5 Å². The van der Waals surface area contributed by atoms with E-state index in [1.807, 2.05) is 60.7 Å². The SMILES string of the molecule is C.CC(=O)C[N+]12CCC(CC1)[C@@H](OC(=O)C(Nc1ccccc1)c1ccccc1)C2. The fraction of sp³-hybridized carbons (Fsp3) is 0.440. The molecule has 2 bridgehead atoms. The van der Waals surface area contributed by atoms with Gasteiger partial charge < -0.3 is 14.5 Å². The summed E-state index contributed by atoms with van der Waals surface area (Å²) in [7, 11) is 0. The Hall–Kier alpha value is -2.66. The van der Waals surface area contributed by atoms with Crippen LogP contribution in [-0.2, 0) is 14.3 Å². The Labute approximate surface area is 179 Å². The number of carbonyl (C=O) groups excluding carboxylic acids is 2. The number of ketones is 1. The number of esters is 1. The van der Waals surface area contributed by atoms with Gasteiger partial charge in [-0.1, -0.05) is 56.0 Å². The molecule has 1 N–H and O–H groups in total. The highest BCUT2D eigenvalue weighted by atomic mass is 16.5. The Morgan fingerprint density at radius 1 is 1.03 bits per heavy atom. The first-order valence-corrected chi connectivity index (χ1v) is 10.5. The van der Waals surface area contributed by atoms with Gasteiger partial charge in [-0.3, -0.25) is 4.79 Å². The summed E-state index contributed by atoms with van der Waals surface area (Å²) in [6.07, 6.45) is 1.92. The van der Waals surface area contributed by atoms with Crippen LogP contribution >= 0.6 is 0 Å². The fourth-order valence-corrected chi connectivity index (χ4v) is 4.89. The molecule has 0 saturated carbocycles. The van der Waals surface area contributed by atoms with E-state index in [1.54, 1.807) is 6.92 Å². The third kappa shape index (κ3) is 4.90. The molecule has 1 unspecified atom stereocenters. The molecule has 0 aliphatic carbocycles. The van der Waals surface area contributed by atoms with Gasteiger partial charge in [0.05, 0.1) is 13.1 Å². The fourth-order valence-electron chi connectivity index (χ4n) is 4.89. The van der Waals surface area contributed by atoms with Gasteiger partial charge in [0.1, 0.15) is 13.1 Å². The van der Waals surface area contributed by atoms with Crippen LogP contribution in [0.5, 0.6) is 0 Å². The average Bonchev–Trinajstić information content (AvgIpc) is 2.73. The predicted molar refractivity (Wildman–Crippen MR) is 119 cm³/mol. The maximum atomic E-state index is 13.3. The minimum Gasteiger partial charge on any atom is -0.454 e. The van der Waals surface area contributed by atoms with Crippen LogP contribution in [0.4, 0.5) is 5.69 Å².